The van der Waals surface area contributed by atoms with Gasteiger partial charge in [-0.15, -0.1) is 0 Å². The maximum atomic E-state index is 5.90. The molecular formula is C19H30N2O2S. The molecule has 1 saturated heterocycles. The van der Waals surface area contributed by atoms with Crippen molar-refractivity contribution in [2.45, 2.75) is 70.4 Å². The largest absolute Gasteiger partial charge is 0.467 e. The van der Waals surface area contributed by atoms with Gasteiger partial charge in [-0.1, -0.05) is 43.4 Å². The topological polar surface area (TPSA) is 34.6 Å². The second-order valence-corrected chi connectivity index (χ2v) is 8.66. The molecule has 3 aliphatic rings. The summed E-state index contributed by atoms with van der Waals surface area (Å²) in [6.07, 6.45) is 12.4. The SMILES string of the molecule is C1CCC(CCN2CCc3sc(OCC4CCCO4)nc3C2)CC1. The Hall–Kier alpha value is -0.650. The minimum atomic E-state index is 0.276. The van der Waals surface area contributed by atoms with Crippen LogP contribution in [0.25, 0.3) is 0 Å². The first-order chi connectivity index (χ1) is 11.9. The van der Waals surface area contributed by atoms with Gasteiger partial charge in [-0.25, -0.2) is 4.98 Å². The van der Waals surface area contributed by atoms with Crippen molar-refractivity contribution < 1.29 is 9.47 Å². The third-order valence-corrected chi connectivity index (χ3v) is 6.85. The standard InChI is InChI=1S/C19H30N2O2S/c1-2-5-15(6-3-1)8-10-21-11-9-18-17(13-21)20-19(24-18)23-14-16-7-4-12-22-16/h15-16H,1-14H2. The zero-order chi connectivity index (χ0) is 16.2. The molecule has 134 valence electrons. The quantitative estimate of drug-likeness (QED) is 0.776. The summed E-state index contributed by atoms with van der Waals surface area (Å²) in [6, 6.07) is 0. The van der Waals surface area contributed by atoms with Crippen LogP contribution in [0.3, 0.4) is 0 Å². The Morgan fingerprint density at radius 2 is 2.08 bits per heavy atom. The molecule has 3 heterocycles. The third-order valence-electron chi connectivity index (χ3n) is 5.78. The van der Waals surface area contributed by atoms with E-state index in [1.54, 1.807) is 11.3 Å². The molecular weight excluding hydrogens is 320 g/mol. The number of aromatic nitrogens is 1. The van der Waals surface area contributed by atoms with Gasteiger partial charge >= 0.3 is 0 Å². The summed E-state index contributed by atoms with van der Waals surface area (Å²) in [4.78, 5) is 8.79. The molecule has 0 amide bonds. The molecule has 0 spiro atoms. The summed E-state index contributed by atoms with van der Waals surface area (Å²) in [7, 11) is 0. The van der Waals surface area contributed by atoms with E-state index in [9.17, 15) is 0 Å². The highest BCUT2D eigenvalue weighted by molar-refractivity contribution is 7.13. The molecule has 4 nitrogen and oxygen atoms in total. The summed E-state index contributed by atoms with van der Waals surface area (Å²) in [5, 5.41) is 0.852. The number of nitrogens with zero attached hydrogens (tertiary/aromatic N) is 2. The Balaban J connectivity index is 1.25. The predicted molar refractivity (Wildman–Crippen MR) is 96.8 cm³/mol. The van der Waals surface area contributed by atoms with Crippen molar-refractivity contribution in [2.75, 3.05) is 26.3 Å². The average molecular weight is 351 g/mol. The van der Waals surface area contributed by atoms with E-state index in [2.05, 4.69) is 4.90 Å². The van der Waals surface area contributed by atoms with Gasteiger partial charge in [-0.3, -0.25) is 4.90 Å². The highest BCUT2D eigenvalue weighted by Crippen LogP contribution is 2.31. The van der Waals surface area contributed by atoms with Crippen LogP contribution < -0.4 is 4.74 Å². The molecule has 1 aliphatic carbocycles. The molecule has 1 atom stereocenters. The van der Waals surface area contributed by atoms with Crippen molar-refractivity contribution in [3.05, 3.63) is 10.6 Å². The van der Waals surface area contributed by atoms with Crippen LogP contribution in [-0.2, 0) is 17.7 Å². The fourth-order valence-electron chi connectivity index (χ4n) is 4.26. The number of hydrogen-bond acceptors (Lipinski definition) is 5. The van der Waals surface area contributed by atoms with Gasteiger partial charge in [0.2, 0.25) is 0 Å². The molecule has 24 heavy (non-hydrogen) atoms. The van der Waals surface area contributed by atoms with Crippen molar-refractivity contribution in [3.8, 4) is 5.19 Å². The second-order valence-electron chi connectivity index (χ2n) is 7.61. The average Bonchev–Trinajstić information content (AvgIpc) is 3.27. The Bertz CT molecular complexity index is 521. The lowest BCUT2D eigenvalue weighted by Gasteiger charge is -2.29. The molecule has 0 aromatic carbocycles. The van der Waals surface area contributed by atoms with Gasteiger partial charge in [0.1, 0.15) is 6.61 Å². The Morgan fingerprint density at radius 3 is 2.92 bits per heavy atom. The fraction of sp³-hybridized carbons (Fsp3) is 0.842. The van der Waals surface area contributed by atoms with Crippen LogP contribution >= 0.6 is 11.3 Å². The summed E-state index contributed by atoms with van der Waals surface area (Å²) >= 11 is 1.75. The number of fused-ring (bicyclic) bond motifs is 1. The Labute approximate surface area is 149 Å². The summed E-state index contributed by atoms with van der Waals surface area (Å²) < 4.78 is 11.5. The minimum Gasteiger partial charge on any atom is -0.467 e. The molecule has 4 rings (SSSR count). The lowest BCUT2D eigenvalue weighted by atomic mass is 9.87. The summed E-state index contributed by atoms with van der Waals surface area (Å²) in [5.41, 5.74) is 1.26. The van der Waals surface area contributed by atoms with E-state index in [0.717, 1.165) is 37.1 Å². The maximum Gasteiger partial charge on any atom is 0.273 e. The van der Waals surface area contributed by atoms with Gasteiger partial charge in [0.15, 0.2) is 0 Å². The number of hydrogen-bond donors (Lipinski definition) is 0. The lowest BCUT2D eigenvalue weighted by molar-refractivity contribution is 0.0677. The zero-order valence-corrected chi connectivity index (χ0v) is 15.5. The molecule has 1 aromatic rings. The van der Waals surface area contributed by atoms with Gasteiger partial charge in [0.25, 0.3) is 5.19 Å². The van der Waals surface area contributed by atoms with Crippen molar-refractivity contribution >= 4 is 11.3 Å². The molecule has 1 aromatic heterocycles. The van der Waals surface area contributed by atoms with Crippen molar-refractivity contribution in [1.82, 2.24) is 9.88 Å². The van der Waals surface area contributed by atoms with Crippen molar-refractivity contribution in [3.63, 3.8) is 0 Å². The first-order valence-electron chi connectivity index (χ1n) is 9.82. The molecule has 0 radical (unpaired) electrons. The van der Waals surface area contributed by atoms with Gasteiger partial charge in [0, 0.05) is 24.6 Å². The molecule has 1 unspecified atom stereocenters. The van der Waals surface area contributed by atoms with E-state index < -0.39 is 0 Å². The van der Waals surface area contributed by atoms with E-state index in [1.165, 1.54) is 68.6 Å². The van der Waals surface area contributed by atoms with E-state index >= 15 is 0 Å². The fourth-order valence-corrected chi connectivity index (χ4v) is 5.18. The van der Waals surface area contributed by atoms with E-state index in [0.29, 0.717) is 6.61 Å². The molecule has 1 saturated carbocycles. The van der Waals surface area contributed by atoms with Crippen LogP contribution in [0.15, 0.2) is 0 Å². The first kappa shape index (κ1) is 16.8. The van der Waals surface area contributed by atoms with Crippen LogP contribution in [0.5, 0.6) is 5.19 Å². The third kappa shape index (κ3) is 4.30. The zero-order valence-electron chi connectivity index (χ0n) is 14.7. The minimum absolute atomic E-state index is 0.276. The molecule has 0 bridgehead atoms. The smallest absolute Gasteiger partial charge is 0.273 e. The number of rotatable bonds is 6. The predicted octanol–water partition coefficient (Wildman–Crippen LogP) is 4.03. The van der Waals surface area contributed by atoms with Crippen LogP contribution in [0, 0.1) is 5.92 Å². The van der Waals surface area contributed by atoms with Gasteiger partial charge in [-0.05, 0) is 38.1 Å². The Kier molecular flexibility index (Phi) is 5.71. The van der Waals surface area contributed by atoms with Crippen molar-refractivity contribution in [2.24, 2.45) is 5.92 Å². The second kappa shape index (κ2) is 8.15. The van der Waals surface area contributed by atoms with Crippen LogP contribution in [-0.4, -0.2) is 42.3 Å². The maximum absolute atomic E-state index is 5.90. The van der Waals surface area contributed by atoms with Gasteiger partial charge in [-0.2, -0.15) is 0 Å². The lowest BCUT2D eigenvalue weighted by Crippen LogP contribution is -2.32. The molecule has 2 fully saturated rings. The van der Waals surface area contributed by atoms with E-state index in [1.807, 2.05) is 0 Å². The highest BCUT2D eigenvalue weighted by atomic mass is 32.1. The van der Waals surface area contributed by atoms with Crippen LogP contribution in [0.4, 0.5) is 0 Å². The highest BCUT2D eigenvalue weighted by Gasteiger charge is 2.23. The molecule has 0 N–H and O–H groups in total. The Morgan fingerprint density at radius 1 is 1.17 bits per heavy atom. The van der Waals surface area contributed by atoms with E-state index in [-0.39, 0.29) is 6.10 Å². The van der Waals surface area contributed by atoms with Gasteiger partial charge in [0.05, 0.1) is 11.8 Å². The summed E-state index contributed by atoms with van der Waals surface area (Å²) in [5.74, 6) is 0.973. The number of thiazole rings is 1. The number of ether oxygens (including phenoxy) is 2. The summed E-state index contributed by atoms with van der Waals surface area (Å²) in [6.45, 7) is 5.00. The van der Waals surface area contributed by atoms with E-state index in [4.69, 9.17) is 14.5 Å². The van der Waals surface area contributed by atoms with Crippen LogP contribution in [0.2, 0.25) is 0 Å². The van der Waals surface area contributed by atoms with Gasteiger partial charge < -0.3 is 9.47 Å². The van der Waals surface area contributed by atoms with Crippen molar-refractivity contribution in [1.29, 1.82) is 0 Å². The molecule has 5 heteroatoms. The monoisotopic (exact) mass is 350 g/mol. The first-order valence-corrected chi connectivity index (χ1v) is 10.6. The normalized spacial score (nSPS) is 25.8. The molecule has 2 aliphatic heterocycles. The van der Waals surface area contributed by atoms with Crippen LogP contribution in [0.1, 0.15) is 61.9 Å².